The summed E-state index contributed by atoms with van der Waals surface area (Å²) in [5.41, 5.74) is 0. The highest BCUT2D eigenvalue weighted by Gasteiger charge is 2.29. The van der Waals surface area contributed by atoms with E-state index in [1.54, 1.807) is 0 Å². The van der Waals surface area contributed by atoms with Crippen LogP contribution >= 0.6 is 0 Å². The van der Waals surface area contributed by atoms with Crippen LogP contribution in [0.25, 0.3) is 0 Å². The molecular formula is C15H30N2O. The van der Waals surface area contributed by atoms with Gasteiger partial charge in [0.2, 0.25) is 0 Å². The van der Waals surface area contributed by atoms with Crippen LogP contribution < -0.4 is 5.32 Å². The number of methoxy groups -OCH3 is 1. The molecule has 1 saturated carbocycles. The van der Waals surface area contributed by atoms with Crippen LogP contribution in [0.4, 0.5) is 0 Å². The molecule has 0 aromatic heterocycles. The van der Waals surface area contributed by atoms with Gasteiger partial charge in [0.15, 0.2) is 0 Å². The van der Waals surface area contributed by atoms with Crippen LogP contribution in [-0.4, -0.2) is 49.3 Å². The first-order chi connectivity index (χ1) is 8.70. The van der Waals surface area contributed by atoms with Crippen LogP contribution in [0.3, 0.4) is 0 Å². The van der Waals surface area contributed by atoms with Crippen LogP contribution in [0.5, 0.6) is 0 Å². The first-order valence-electron chi connectivity index (χ1n) is 7.72. The Labute approximate surface area is 112 Å². The van der Waals surface area contributed by atoms with Gasteiger partial charge < -0.3 is 10.1 Å². The highest BCUT2D eigenvalue weighted by molar-refractivity contribution is 4.86. The molecule has 106 valence electrons. The lowest BCUT2D eigenvalue weighted by Crippen LogP contribution is -2.48. The monoisotopic (exact) mass is 254 g/mol. The number of ether oxygens (including phenoxy) is 1. The van der Waals surface area contributed by atoms with E-state index >= 15 is 0 Å². The minimum atomic E-state index is 0.514. The van der Waals surface area contributed by atoms with Gasteiger partial charge in [0, 0.05) is 31.8 Å². The Balaban J connectivity index is 1.85. The molecule has 2 fully saturated rings. The standard InChI is InChI=1S/C15H30N2O/c1-12(2)17(11-13-5-4-10-16-13)14-6-8-15(18-3)9-7-14/h12-16H,4-11H2,1-3H3. The summed E-state index contributed by atoms with van der Waals surface area (Å²) in [6.45, 7) is 7.14. The fourth-order valence-electron chi connectivity index (χ4n) is 3.56. The van der Waals surface area contributed by atoms with E-state index in [0.717, 1.165) is 12.1 Å². The lowest BCUT2D eigenvalue weighted by Gasteiger charge is -2.40. The first kappa shape index (κ1) is 14.3. The van der Waals surface area contributed by atoms with E-state index in [1.165, 1.54) is 51.6 Å². The maximum absolute atomic E-state index is 5.48. The molecule has 1 aliphatic carbocycles. The van der Waals surface area contributed by atoms with Gasteiger partial charge in [0.05, 0.1) is 6.10 Å². The van der Waals surface area contributed by atoms with Crippen LogP contribution in [0.1, 0.15) is 52.4 Å². The summed E-state index contributed by atoms with van der Waals surface area (Å²) in [5.74, 6) is 0. The Hall–Kier alpha value is -0.120. The van der Waals surface area contributed by atoms with Crippen LogP contribution in [0.2, 0.25) is 0 Å². The maximum Gasteiger partial charge on any atom is 0.0572 e. The summed E-state index contributed by atoms with van der Waals surface area (Å²) >= 11 is 0. The van der Waals surface area contributed by atoms with Gasteiger partial charge in [-0.15, -0.1) is 0 Å². The van der Waals surface area contributed by atoms with Crippen molar-refractivity contribution < 1.29 is 4.74 Å². The van der Waals surface area contributed by atoms with Crippen molar-refractivity contribution in [1.29, 1.82) is 0 Å². The molecule has 1 N–H and O–H groups in total. The van der Waals surface area contributed by atoms with E-state index in [2.05, 4.69) is 24.1 Å². The van der Waals surface area contributed by atoms with E-state index in [1.807, 2.05) is 7.11 Å². The molecule has 1 aliphatic heterocycles. The van der Waals surface area contributed by atoms with Crippen molar-refractivity contribution in [2.75, 3.05) is 20.2 Å². The Morgan fingerprint density at radius 3 is 2.39 bits per heavy atom. The zero-order valence-electron chi connectivity index (χ0n) is 12.3. The minimum absolute atomic E-state index is 0.514. The fourth-order valence-corrected chi connectivity index (χ4v) is 3.56. The highest BCUT2D eigenvalue weighted by atomic mass is 16.5. The predicted octanol–water partition coefficient (Wildman–Crippen LogP) is 2.41. The summed E-state index contributed by atoms with van der Waals surface area (Å²) in [6, 6.07) is 2.17. The van der Waals surface area contributed by atoms with E-state index in [-0.39, 0.29) is 0 Å². The first-order valence-corrected chi connectivity index (χ1v) is 7.72. The highest BCUT2D eigenvalue weighted by Crippen LogP contribution is 2.26. The molecule has 2 rings (SSSR count). The molecule has 1 unspecified atom stereocenters. The quantitative estimate of drug-likeness (QED) is 0.815. The third-order valence-corrected chi connectivity index (χ3v) is 4.70. The van der Waals surface area contributed by atoms with Gasteiger partial charge in [-0.05, 0) is 58.9 Å². The van der Waals surface area contributed by atoms with Gasteiger partial charge in [-0.25, -0.2) is 0 Å². The van der Waals surface area contributed by atoms with Crippen molar-refractivity contribution in [2.45, 2.75) is 76.6 Å². The summed E-state index contributed by atoms with van der Waals surface area (Å²) in [7, 11) is 1.85. The van der Waals surface area contributed by atoms with Gasteiger partial charge in [0.25, 0.3) is 0 Å². The van der Waals surface area contributed by atoms with E-state index in [9.17, 15) is 0 Å². The van der Waals surface area contributed by atoms with Gasteiger partial charge in [-0.3, -0.25) is 4.90 Å². The molecule has 0 aromatic carbocycles. The number of hydrogen-bond acceptors (Lipinski definition) is 3. The molecule has 0 radical (unpaired) electrons. The SMILES string of the molecule is COC1CCC(N(CC2CCCN2)C(C)C)CC1. The molecule has 0 aromatic rings. The molecule has 1 saturated heterocycles. The topological polar surface area (TPSA) is 24.5 Å². The number of rotatable bonds is 5. The van der Waals surface area contributed by atoms with Crippen LogP contribution in [-0.2, 0) is 4.74 Å². The molecular weight excluding hydrogens is 224 g/mol. The Kier molecular flexibility index (Phi) is 5.46. The van der Waals surface area contributed by atoms with Crippen LogP contribution in [0, 0.1) is 0 Å². The normalized spacial score (nSPS) is 33.5. The smallest absolute Gasteiger partial charge is 0.0572 e. The largest absolute Gasteiger partial charge is 0.381 e. The average molecular weight is 254 g/mol. The molecule has 0 amide bonds. The maximum atomic E-state index is 5.48. The van der Waals surface area contributed by atoms with Crippen molar-refractivity contribution in [2.24, 2.45) is 0 Å². The summed E-state index contributed by atoms with van der Waals surface area (Å²) < 4.78 is 5.48. The molecule has 0 spiro atoms. The van der Waals surface area contributed by atoms with Crippen molar-refractivity contribution in [3.05, 3.63) is 0 Å². The van der Waals surface area contributed by atoms with Gasteiger partial charge in [-0.2, -0.15) is 0 Å². The summed E-state index contributed by atoms with van der Waals surface area (Å²) in [6.07, 6.45) is 8.32. The van der Waals surface area contributed by atoms with Crippen molar-refractivity contribution >= 4 is 0 Å². The Bertz CT molecular complexity index is 231. The van der Waals surface area contributed by atoms with E-state index in [4.69, 9.17) is 4.74 Å². The molecule has 2 aliphatic rings. The van der Waals surface area contributed by atoms with Crippen molar-refractivity contribution in [3.8, 4) is 0 Å². The van der Waals surface area contributed by atoms with Crippen LogP contribution in [0.15, 0.2) is 0 Å². The van der Waals surface area contributed by atoms with E-state index in [0.29, 0.717) is 12.1 Å². The second-order valence-electron chi connectivity index (χ2n) is 6.25. The number of nitrogens with zero attached hydrogens (tertiary/aromatic N) is 1. The average Bonchev–Trinajstić information content (AvgIpc) is 2.89. The number of hydrogen-bond donors (Lipinski definition) is 1. The minimum Gasteiger partial charge on any atom is -0.381 e. The third kappa shape index (κ3) is 3.69. The fraction of sp³-hybridized carbons (Fsp3) is 1.00. The Morgan fingerprint density at radius 1 is 1.17 bits per heavy atom. The van der Waals surface area contributed by atoms with Gasteiger partial charge in [-0.1, -0.05) is 0 Å². The molecule has 1 heterocycles. The van der Waals surface area contributed by atoms with Gasteiger partial charge in [0.1, 0.15) is 0 Å². The summed E-state index contributed by atoms with van der Waals surface area (Å²) in [5, 5.41) is 3.63. The van der Waals surface area contributed by atoms with E-state index < -0.39 is 0 Å². The lowest BCUT2D eigenvalue weighted by molar-refractivity contribution is 0.0277. The zero-order chi connectivity index (χ0) is 13.0. The number of nitrogens with one attached hydrogen (secondary N) is 1. The molecule has 1 atom stereocenters. The zero-order valence-corrected chi connectivity index (χ0v) is 12.3. The molecule has 18 heavy (non-hydrogen) atoms. The van der Waals surface area contributed by atoms with Crippen molar-refractivity contribution in [3.63, 3.8) is 0 Å². The molecule has 3 heteroatoms. The predicted molar refractivity (Wildman–Crippen MR) is 75.9 cm³/mol. The molecule has 0 bridgehead atoms. The lowest BCUT2D eigenvalue weighted by atomic mass is 9.90. The second-order valence-corrected chi connectivity index (χ2v) is 6.25. The van der Waals surface area contributed by atoms with Crippen molar-refractivity contribution in [1.82, 2.24) is 10.2 Å². The molecule has 3 nitrogen and oxygen atoms in total. The van der Waals surface area contributed by atoms with Gasteiger partial charge >= 0.3 is 0 Å². The second kappa shape index (κ2) is 6.88. The third-order valence-electron chi connectivity index (χ3n) is 4.70. The summed E-state index contributed by atoms with van der Waals surface area (Å²) in [4.78, 5) is 2.73. The Morgan fingerprint density at radius 2 is 1.89 bits per heavy atom.